The predicted molar refractivity (Wildman–Crippen MR) is 93.4 cm³/mol. The van der Waals surface area contributed by atoms with Crippen LogP contribution in [0.1, 0.15) is 28.8 Å². The van der Waals surface area contributed by atoms with Gasteiger partial charge < -0.3 is 10.6 Å². The molecule has 2 aliphatic rings. The zero-order valence-electron chi connectivity index (χ0n) is 14.3. The highest BCUT2D eigenvalue weighted by atomic mass is 19.4. The van der Waals surface area contributed by atoms with E-state index in [0.717, 1.165) is 12.1 Å². The van der Waals surface area contributed by atoms with Crippen LogP contribution in [0.5, 0.6) is 0 Å². The number of hydrogen-bond acceptors (Lipinski definition) is 3. The van der Waals surface area contributed by atoms with Gasteiger partial charge in [-0.2, -0.15) is 13.2 Å². The SMILES string of the molecule is O=C1N[C@]2(C(=O)Nc3cccc(C(F)(F)F)c3)CCC(=O)N2c2ccccc21. The van der Waals surface area contributed by atoms with Gasteiger partial charge in [0.2, 0.25) is 11.6 Å². The number of rotatable bonds is 2. The highest BCUT2D eigenvalue weighted by Gasteiger charge is 2.56. The number of para-hydroxylation sites is 1. The molecule has 0 aliphatic carbocycles. The largest absolute Gasteiger partial charge is 0.416 e. The number of hydrogen-bond donors (Lipinski definition) is 2. The van der Waals surface area contributed by atoms with Crippen LogP contribution < -0.4 is 15.5 Å². The maximum atomic E-state index is 13.0. The van der Waals surface area contributed by atoms with E-state index in [1.807, 2.05) is 0 Å². The summed E-state index contributed by atoms with van der Waals surface area (Å²) in [4.78, 5) is 39.2. The van der Waals surface area contributed by atoms with E-state index in [9.17, 15) is 27.6 Å². The van der Waals surface area contributed by atoms with Crippen LogP contribution in [0.2, 0.25) is 0 Å². The highest BCUT2D eigenvalue weighted by Crippen LogP contribution is 2.40. The lowest BCUT2D eigenvalue weighted by molar-refractivity contribution is -0.137. The minimum absolute atomic E-state index is 0.0106. The van der Waals surface area contributed by atoms with Crippen molar-refractivity contribution in [2.24, 2.45) is 0 Å². The molecular weight excluding hydrogens is 375 g/mol. The monoisotopic (exact) mass is 389 g/mol. The van der Waals surface area contributed by atoms with E-state index >= 15 is 0 Å². The van der Waals surface area contributed by atoms with Crippen molar-refractivity contribution in [3.63, 3.8) is 0 Å². The molecule has 0 unspecified atom stereocenters. The summed E-state index contributed by atoms with van der Waals surface area (Å²) in [6, 6.07) is 10.5. The van der Waals surface area contributed by atoms with Gasteiger partial charge in [0.05, 0.1) is 16.8 Å². The minimum atomic E-state index is -4.56. The third-order valence-electron chi connectivity index (χ3n) is 4.87. The van der Waals surface area contributed by atoms with Gasteiger partial charge in [-0.3, -0.25) is 19.3 Å². The number of carbonyl (C=O) groups excluding carboxylic acids is 3. The summed E-state index contributed by atoms with van der Waals surface area (Å²) in [5.74, 6) is -1.66. The van der Waals surface area contributed by atoms with Crippen molar-refractivity contribution in [2.75, 3.05) is 10.2 Å². The molecule has 2 aromatic carbocycles. The Balaban J connectivity index is 1.71. The molecule has 2 aromatic rings. The first-order valence-electron chi connectivity index (χ1n) is 8.46. The number of amides is 3. The molecule has 4 rings (SSSR count). The Labute approximate surface area is 157 Å². The molecule has 0 saturated carbocycles. The van der Waals surface area contributed by atoms with E-state index in [4.69, 9.17) is 0 Å². The summed E-state index contributed by atoms with van der Waals surface area (Å²) in [5.41, 5.74) is -2.13. The Kier molecular flexibility index (Phi) is 3.91. The van der Waals surface area contributed by atoms with Gasteiger partial charge in [-0.15, -0.1) is 0 Å². The fraction of sp³-hybridized carbons (Fsp3) is 0.211. The molecule has 9 heteroatoms. The number of nitrogens with zero attached hydrogens (tertiary/aromatic N) is 1. The van der Waals surface area contributed by atoms with Crippen LogP contribution in [-0.2, 0) is 15.8 Å². The lowest BCUT2D eigenvalue weighted by Crippen LogP contribution is -2.68. The van der Waals surface area contributed by atoms with Gasteiger partial charge in [0.1, 0.15) is 0 Å². The number of halogens is 3. The maximum Gasteiger partial charge on any atom is 0.416 e. The molecule has 6 nitrogen and oxygen atoms in total. The van der Waals surface area contributed by atoms with Crippen molar-refractivity contribution in [1.82, 2.24) is 5.32 Å². The van der Waals surface area contributed by atoms with Crippen molar-refractivity contribution in [3.8, 4) is 0 Å². The Bertz CT molecular complexity index is 1010. The van der Waals surface area contributed by atoms with Crippen molar-refractivity contribution >= 4 is 29.1 Å². The molecule has 2 aliphatic heterocycles. The Morgan fingerprint density at radius 2 is 1.86 bits per heavy atom. The van der Waals surface area contributed by atoms with Crippen LogP contribution in [0, 0.1) is 0 Å². The van der Waals surface area contributed by atoms with Crippen LogP contribution in [-0.4, -0.2) is 23.4 Å². The van der Waals surface area contributed by atoms with Crippen molar-refractivity contribution in [1.29, 1.82) is 0 Å². The number of alkyl halides is 3. The normalized spacial score (nSPS) is 21.0. The Hall–Kier alpha value is -3.36. The second-order valence-corrected chi connectivity index (χ2v) is 6.59. The number of fused-ring (bicyclic) bond motifs is 3. The summed E-state index contributed by atoms with van der Waals surface area (Å²) >= 11 is 0. The molecule has 0 bridgehead atoms. The summed E-state index contributed by atoms with van der Waals surface area (Å²) < 4.78 is 38.8. The highest BCUT2D eigenvalue weighted by molar-refractivity contribution is 6.18. The zero-order valence-corrected chi connectivity index (χ0v) is 14.3. The van der Waals surface area contributed by atoms with Crippen LogP contribution in [0.3, 0.4) is 0 Å². The van der Waals surface area contributed by atoms with Crippen molar-refractivity contribution < 1.29 is 27.6 Å². The van der Waals surface area contributed by atoms with E-state index in [-0.39, 0.29) is 30.0 Å². The van der Waals surface area contributed by atoms with Gasteiger partial charge in [0.15, 0.2) is 0 Å². The van der Waals surface area contributed by atoms with Crippen molar-refractivity contribution in [2.45, 2.75) is 24.7 Å². The molecule has 2 heterocycles. The summed E-state index contributed by atoms with van der Waals surface area (Å²) in [7, 11) is 0. The van der Waals surface area contributed by atoms with Crippen molar-refractivity contribution in [3.05, 3.63) is 59.7 Å². The molecule has 144 valence electrons. The van der Waals surface area contributed by atoms with Gasteiger partial charge in [-0.1, -0.05) is 18.2 Å². The standard InChI is InChI=1S/C19H14F3N3O3/c20-19(21,22)11-4-3-5-12(10-11)23-17(28)18-9-8-15(26)25(18)14-7-2-1-6-13(14)16(27)24-18/h1-7,10H,8-9H2,(H,23,28)(H,24,27)/t18-/m1/s1. The Morgan fingerprint density at radius 1 is 1.11 bits per heavy atom. The molecule has 1 atom stereocenters. The molecule has 1 fully saturated rings. The van der Waals surface area contributed by atoms with Crippen LogP contribution in [0.25, 0.3) is 0 Å². The maximum absolute atomic E-state index is 13.0. The second-order valence-electron chi connectivity index (χ2n) is 6.59. The fourth-order valence-electron chi connectivity index (χ4n) is 3.58. The van der Waals surface area contributed by atoms with E-state index in [0.29, 0.717) is 5.69 Å². The summed E-state index contributed by atoms with van der Waals surface area (Å²) in [6.45, 7) is 0. The number of carbonyl (C=O) groups is 3. The summed E-state index contributed by atoms with van der Waals surface area (Å²) in [6.07, 6.45) is -4.53. The summed E-state index contributed by atoms with van der Waals surface area (Å²) in [5, 5.41) is 4.99. The fourth-order valence-corrected chi connectivity index (χ4v) is 3.58. The second kappa shape index (κ2) is 6.08. The molecule has 1 saturated heterocycles. The van der Waals surface area contributed by atoms with Gasteiger partial charge in [-0.25, -0.2) is 0 Å². The van der Waals surface area contributed by atoms with E-state index < -0.39 is 29.2 Å². The van der Waals surface area contributed by atoms with Crippen LogP contribution in [0.15, 0.2) is 48.5 Å². The number of anilines is 2. The number of benzene rings is 2. The van der Waals surface area contributed by atoms with Gasteiger partial charge in [-0.05, 0) is 30.3 Å². The third-order valence-corrected chi connectivity index (χ3v) is 4.87. The van der Waals surface area contributed by atoms with Crippen LogP contribution in [0.4, 0.5) is 24.5 Å². The average molecular weight is 389 g/mol. The van der Waals surface area contributed by atoms with E-state index in [2.05, 4.69) is 10.6 Å². The predicted octanol–water partition coefficient (Wildman–Crippen LogP) is 2.91. The molecule has 0 spiro atoms. The van der Waals surface area contributed by atoms with Crippen LogP contribution >= 0.6 is 0 Å². The smallest absolute Gasteiger partial charge is 0.322 e. The topological polar surface area (TPSA) is 78.5 Å². The molecule has 0 radical (unpaired) electrons. The lowest BCUT2D eigenvalue weighted by atomic mass is 9.98. The van der Waals surface area contributed by atoms with Gasteiger partial charge in [0, 0.05) is 18.5 Å². The molecule has 28 heavy (non-hydrogen) atoms. The third kappa shape index (κ3) is 2.70. The molecule has 2 N–H and O–H groups in total. The first-order chi connectivity index (χ1) is 13.2. The number of nitrogens with one attached hydrogen (secondary N) is 2. The molecular formula is C19H14F3N3O3. The lowest BCUT2D eigenvalue weighted by Gasteiger charge is -2.41. The first kappa shape index (κ1) is 18.0. The molecule has 3 amide bonds. The Morgan fingerprint density at radius 3 is 2.61 bits per heavy atom. The molecule has 0 aromatic heterocycles. The first-order valence-corrected chi connectivity index (χ1v) is 8.46. The minimum Gasteiger partial charge on any atom is -0.322 e. The van der Waals surface area contributed by atoms with Gasteiger partial charge >= 0.3 is 6.18 Å². The quantitative estimate of drug-likeness (QED) is 0.829. The van der Waals surface area contributed by atoms with Gasteiger partial charge in [0.25, 0.3) is 11.8 Å². The van der Waals surface area contributed by atoms with E-state index in [1.165, 1.54) is 23.1 Å². The average Bonchev–Trinajstić information content (AvgIpc) is 2.99. The van der Waals surface area contributed by atoms with E-state index in [1.54, 1.807) is 18.2 Å². The zero-order chi connectivity index (χ0) is 20.1.